The molecule has 92 valence electrons. The zero-order valence-electron chi connectivity index (χ0n) is 10.2. The number of H-pyrrole nitrogens is 1. The van der Waals surface area contributed by atoms with Crippen molar-refractivity contribution in [2.45, 2.75) is 6.92 Å². The number of halogens is 1. The van der Waals surface area contributed by atoms with E-state index in [9.17, 15) is 4.39 Å². The van der Waals surface area contributed by atoms with Gasteiger partial charge >= 0.3 is 0 Å². The van der Waals surface area contributed by atoms with Crippen LogP contribution in [0.4, 0.5) is 10.1 Å². The molecule has 0 aliphatic rings. The molecule has 3 rings (SSSR count). The predicted molar refractivity (Wildman–Crippen MR) is 69.6 cm³/mol. The third-order valence-corrected chi connectivity index (χ3v) is 3.37. The first-order valence-corrected chi connectivity index (χ1v) is 5.63. The zero-order valence-corrected chi connectivity index (χ0v) is 10.2. The molecule has 18 heavy (non-hydrogen) atoms. The van der Waals surface area contributed by atoms with Crippen LogP contribution in [-0.2, 0) is 7.05 Å². The summed E-state index contributed by atoms with van der Waals surface area (Å²) >= 11 is 0. The molecule has 0 bridgehead atoms. The Morgan fingerprint density at radius 1 is 1.39 bits per heavy atom. The van der Waals surface area contributed by atoms with Crippen LogP contribution >= 0.6 is 0 Å². The van der Waals surface area contributed by atoms with Gasteiger partial charge in [-0.05, 0) is 25.1 Å². The standard InChI is InChI=1S/C13H13FN4/c1-7-12(13-10(15)6-16-17-13)9-4-3-8(14)5-11(9)18(7)2/h3-6H,15H2,1-2H3,(H,16,17). The molecule has 2 heterocycles. The highest BCUT2D eigenvalue weighted by molar-refractivity contribution is 5.99. The quantitative estimate of drug-likeness (QED) is 0.691. The van der Waals surface area contributed by atoms with E-state index in [1.165, 1.54) is 12.1 Å². The van der Waals surface area contributed by atoms with E-state index in [1.54, 1.807) is 12.3 Å². The summed E-state index contributed by atoms with van der Waals surface area (Å²) in [6, 6.07) is 4.75. The molecule has 0 atom stereocenters. The number of hydrogen-bond donors (Lipinski definition) is 2. The Bertz CT molecular complexity index is 739. The molecule has 0 saturated heterocycles. The predicted octanol–water partition coefficient (Wildman–Crippen LogP) is 2.60. The van der Waals surface area contributed by atoms with Crippen molar-refractivity contribution in [2.75, 3.05) is 5.73 Å². The maximum Gasteiger partial charge on any atom is 0.125 e. The summed E-state index contributed by atoms with van der Waals surface area (Å²) in [7, 11) is 1.91. The summed E-state index contributed by atoms with van der Waals surface area (Å²) in [5.41, 5.74) is 10.1. The number of benzene rings is 1. The second-order valence-electron chi connectivity index (χ2n) is 4.38. The fraction of sp³-hybridized carbons (Fsp3) is 0.154. The van der Waals surface area contributed by atoms with Crippen LogP contribution in [0.25, 0.3) is 22.2 Å². The molecule has 0 spiro atoms. The maximum absolute atomic E-state index is 13.3. The van der Waals surface area contributed by atoms with Gasteiger partial charge in [0.25, 0.3) is 0 Å². The second-order valence-corrected chi connectivity index (χ2v) is 4.38. The summed E-state index contributed by atoms with van der Waals surface area (Å²) in [6.07, 6.45) is 1.58. The third-order valence-electron chi connectivity index (χ3n) is 3.37. The number of fused-ring (bicyclic) bond motifs is 1. The summed E-state index contributed by atoms with van der Waals surface area (Å²) in [5, 5.41) is 7.81. The van der Waals surface area contributed by atoms with Gasteiger partial charge in [0.1, 0.15) is 5.82 Å². The highest BCUT2D eigenvalue weighted by Crippen LogP contribution is 2.35. The topological polar surface area (TPSA) is 59.6 Å². The van der Waals surface area contributed by atoms with Crippen molar-refractivity contribution in [1.29, 1.82) is 0 Å². The lowest BCUT2D eigenvalue weighted by molar-refractivity contribution is 0.629. The number of nitrogen functional groups attached to an aromatic ring is 1. The monoisotopic (exact) mass is 244 g/mol. The molecule has 0 unspecified atom stereocenters. The summed E-state index contributed by atoms with van der Waals surface area (Å²) < 4.78 is 15.3. The fourth-order valence-corrected chi connectivity index (χ4v) is 2.35. The Morgan fingerprint density at radius 3 is 2.83 bits per heavy atom. The van der Waals surface area contributed by atoms with Gasteiger partial charge < -0.3 is 10.3 Å². The number of nitrogens with two attached hydrogens (primary N) is 1. The minimum atomic E-state index is -0.243. The maximum atomic E-state index is 13.3. The molecule has 3 aromatic rings. The van der Waals surface area contributed by atoms with Crippen LogP contribution in [0.15, 0.2) is 24.4 Å². The molecular weight excluding hydrogens is 231 g/mol. The normalized spacial score (nSPS) is 11.3. The highest BCUT2D eigenvalue weighted by atomic mass is 19.1. The first kappa shape index (κ1) is 10.8. The van der Waals surface area contributed by atoms with Crippen molar-refractivity contribution < 1.29 is 4.39 Å². The summed E-state index contributed by atoms with van der Waals surface area (Å²) in [6.45, 7) is 1.98. The highest BCUT2D eigenvalue weighted by Gasteiger charge is 2.17. The minimum absolute atomic E-state index is 0.243. The second kappa shape index (κ2) is 3.60. The lowest BCUT2D eigenvalue weighted by atomic mass is 10.1. The molecule has 0 aliphatic carbocycles. The molecule has 3 N–H and O–H groups in total. The molecule has 0 amide bonds. The van der Waals surface area contributed by atoms with Crippen LogP contribution in [0.1, 0.15) is 5.69 Å². The van der Waals surface area contributed by atoms with Gasteiger partial charge in [-0.15, -0.1) is 0 Å². The average molecular weight is 244 g/mol. The van der Waals surface area contributed by atoms with Gasteiger partial charge in [0.2, 0.25) is 0 Å². The van der Waals surface area contributed by atoms with Gasteiger partial charge in [-0.25, -0.2) is 4.39 Å². The zero-order chi connectivity index (χ0) is 12.9. The summed E-state index contributed by atoms with van der Waals surface area (Å²) in [4.78, 5) is 0. The van der Waals surface area contributed by atoms with E-state index in [0.29, 0.717) is 5.69 Å². The molecule has 1 aromatic carbocycles. The number of nitrogens with zero attached hydrogens (tertiary/aromatic N) is 2. The number of aryl methyl sites for hydroxylation is 1. The first-order chi connectivity index (χ1) is 8.59. The number of nitrogens with one attached hydrogen (secondary N) is 1. The molecule has 4 nitrogen and oxygen atoms in total. The van der Waals surface area contributed by atoms with E-state index in [4.69, 9.17) is 5.73 Å². The molecule has 0 radical (unpaired) electrons. The number of hydrogen-bond acceptors (Lipinski definition) is 2. The Labute approximate surface area is 103 Å². The van der Waals surface area contributed by atoms with Gasteiger partial charge in [0.15, 0.2) is 0 Å². The van der Waals surface area contributed by atoms with Crippen LogP contribution in [0.3, 0.4) is 0 Å². The van der Waals surface area contributed by atoms with Crippen molar-refractivity contribution in [3.05, 3.63) is 35.9 Å². The van der Waals surface area contributed by atoms with E-state index in [2.05, 4.69) is 10.2 Å². The smallest absolute Gasteiger partial charge is 0.125 e. The number of anilines is 1. The van der Waals surface area contributed by atoms with Crippen LogP contribution in [0.5, 0.6) is 0 Å². The van der Waals surface area contributed by atoms with Crippen LogP contribution < -0.4 is 5.73 Å². The van der Waals surface area contributed by atoms with Gasteiger partial charge in [0, 0.05) is 23.7 Å². The van der Waals surface area contributed by atoms with Crippen LogP contribution in [0.2, 0.25) is 0 Å². The van der Waals surface area contributed by atoms with Gasteiger partial charge in [-0.1, -0.05) is 0 Å². The minimum Gasteiger partial charge on any atom is -0.396 e. The first-order valence-electron chi connectivity index (χ1n) is 5.63. The van der Waals surface area contributed by atoms with Crippen molar-refractivity contribution in [2.24, 2.45) is 7.05 Å². The third kappa shape index (κ3) is 1.33. The van der Waals surface area contributed by atoms with Crippen LogP contribution in [-0.4, -0.2) is 14.8 Å². The largest absolute Gasteiger partial charge is 0.396 e. The molecule has 2 aromatic heterocycles. The van der Waals surface area contributed by atoms with E-state index < -0.39 is 0 Å². The molecule has 0 fully saturated rings. The van der Waals surface area contributed by atoms with E-state index in [-0.39, 0.29) is 5.82 Å². The Morgan fingerprint density at radius 2 is 2.17 bits per heavy atom. The molecule has 0 aliphatic heterocycles. The van der Waals surface area contributed by atoms with Gasteiger partial charge in [0.05, 0.1) is 23.1 Å². The van der Waals surface area contributed by atoms with Crippen molar-refractivity contribution in [3.63, 3.8) is 0 Å². The number of rotatable bonds is 1. The van der Waals surface area contributed by atoms with Crippen molar-refractivity contribution >= 4 is 16.6 Å². The lowest BCUT2D eigenvalue weighted by Gasteiger charge is -2.00. The number of aromatic nitrogens is 3. The lowest BCUT2D eigenvalue weighted by Crippen LogP contribution is -1.92. The van der Waals surface area contributed by atoms with E-state index in [0.717, 1.165) is 27.9 Å². The summed E-state index contributed by atoms with van der Waals surface area (Å²) in [5.74, 6) is -0.243. The van der Waals surface area contributed by atoms with Crippen LogP contribution in [0, 0.1) is 12.7 Å². The SMILES string of the molecule is Cc1c(-c2[nH]ncc2N)c2ccc(F)cc2n1C. The Balaban J connectivity index is 2.43. The molecule has 0 saturated carbocycles. The Kier molecular flexibility index (Phi) is 2.16. The molecule has 5 heteroatoms. The van der Waals surface area contributed by atoms with Crippen molar-refractivity contribution in [3.8, 4) is 11.3 Å². The van der Waals surface area contributed by atoms with Gasteiger partial charge in [-0.3, -0.25) is 5.10 Å². The van der Waals surface area contributed by atoms with Crippen molar-refractivity contribution in [1.82, 2.24) is 14.8 Å². The molecular formula is C13H13FN4. The van der Waals surface area contributed by atoms with E-state index >= 15 is 0 Å². The number of aromatic amines is 1. The fourth-order valence-electron chi connectivity index (χ4n) is 2.35. The van der Waals surface area contributed by atoms with Gasteiger partial charge in [-0.2, -0.15) is 5.10 Å². The average Bonchev–Trinajstić information content (AvgIpc) is 2.85. The van der Waals surface area contributed by atoms with E-state index in [1.807, 2.05) is 18.5 Å². The Hall–Kier alpha value is -2.30.